The monoisotopic (exact) mass is 572 g/mol. The van der Waals surface area contributed by atoms with Crippen molar-refractivity contribution in [2.75, 3.05) is 50.1 Å². The molecule has 0 aliphatic carbocycles. The zero-order chi connectivity index (χ0) is 28.0. The normalized spacial score (nSPS) is 15.1. The van der Waals surface area contributed by atoms with E-state index < -0.39 is 18.6 Å². The van der Waals surface area contributed by atoms with Gasteiger partial charge < -0.3 is 25.0 Å². The maximum Gasteiger partial charge on any atom is 0.387 e. The van der Waals surface area contributed by atoms with E-state index in [2.05, 4.69) is 15.4 Å². The molecule has 1 saturated heterocycles. The molecule has 0 unspecified atom stereocenters. The Morgan fingerprint density at radius 2 is 2.00 bits per heavy atom. The maximum absolute atomic E-state index is 13.4. The fourth-order valence-corrected chi connectivity index (χ4v) is 4.96. The Morgan fingerprint density at radius 3 is 2.61 bits per heavy atom. The van der Waals surface area contributed by atoms with Crippen molar-refractivity contribution < 1.29 is 32.6 Å². The molecule has 9 nitrogen and oxygen atoms in total. The number of halogens is 3. The van der Waals surface area contributed by atoms with Gasteiger partial charge in [-0.2, -0.15) is 8.78 Å². The molecule has 1 atom stereocenters. The Hall–Kier alpha value is -2.80. The van der Waals surface area contributed by atoms with Crippen LogP contribution in [0.5, 0.6) is 5.75 Å². The standard InChI is InChI=1S/C25H31ClF2N4O5S/c1-25(2,3)14-31(4)17(12-29-23(35)19-7-8-20(26)38-19)22(34)30-16-6-5-15(11-18(16)37-24(27)28)32-9-10-36-13-21(32)33/h5-8,11,17,24H,9-10,12-14H2,1-4H3,(H,29,35)(H,30,34)/t17-/m1/s1. The number of amides is 3. The summed E-state index contributed by atoms with van der Waals surface area (Å²) in [5.74, 6) is -1.53. The average Bonchev–Trinajstić information content (AvgIpc) is 3.25. The van der Waals surface area contributed by atoms with Crippen molar-refractivity contribution in [2.45, 2.75) is 33.4 Å². The first-order chi connectivity index (χ1) is 17.8. The smallest absolute Gasteiger partial charge is 0.387 e. The third kappa shape index (κ3) is 8.35. The van der Waals surface area contributed by atoms with Gasteiger partial charge in [0, 0.05) is 31.4 Å². The van der Waals surface area contributed by atoms with Gasteiger partial charge in [-0.05, 0) is 36.7 Å². The zero-order valence-electron chi connectivity index (χ0n) is 21.6. The van der Waals surface area contributed by atoms with Crippen LogP contribution in [0.2, 0.25) is 4.34 Å². The number of thiophene rings is 1. The number of morpholine rings is 1. The highest BCUT2D eigenvalue weighted by Crippen LogP contribution is 2.32. The van der Waals surface area contributed by atoms with Crippen molar-refractivity contribution in [3.05, 3.63) is 39.5 Å². The summed E-state index contributed by atoms with van der Waals surface area (Å²) in [5, 5.41) is 5.41. The van der Waals surface area contributed by atoms with Crippen molar-refractivity contribution in [1.82, 2.24) is 10.2 Å². The molecule has 1 aliphatic heterocycles. The van der Waals surface area contributed by atoms with Crippen LogP contribution in [0.15, 0.2) is 30.3 Å². The number of anilines is 2. The molecule has 0 bridgehead atoms. The van der Waals surface area contributed by atoms with Gasteiger partial charge in [0.15, 0.2) is 5.75 Å². The lowest BCUT2D eigenvalue weighted by molar-refractivity contribution is -0.125. The van der Waals surface area contributed by atoms with Gasteiger partial charge in [-0.15, -0.1) is 11.3 Å². The fraction of sp³-hybridized carbons (Fsp3) is 0.480. The molecule has 0 radical (unpaired) electrons. The lowest BCUT2D eigenvalue weighted by Gasteiger charge is -2.33. The van der Waals surface area contributed by atoms with Gasteiger partial charge in [0.25, 0.3) is 11.8 Å². The van der Waals surface area contributed by atoms with Gasteiger partial charge >= 0.3 is 6.61 Å². The molecule has 1 aliphatic rings. The number of hydrogen-bond acceptors (Lipinski definition) is 7. The van der Waals surface area contributed by atoms with Crippen molar-refractivity contribution in [3.8, 4) is 5.75 Å². The molecule has 2 N–H and O–H groups in total. The molecule has 3 amide bonds. The highest BCUT2D eigenvalue weighted by molar-refractivity contribution is 7.18. The lowest BCUT2D eigenvalue weighted by atomic mass is 9.95. The number of nitrogens with zero attached hydrogens (tertiary/aromatic N) is 2. The molecule has 0 saturated carbocycles. The van der Waals surface area contributed by atoms with Gasteiger partial charge in [0.05, 0.1) is 21.5 Å². The Balaban J connectivity index is 1.82. The molecule has 208 valence electrons. The quantitative estimate of drug-likeness (QED) is 0.445. The van der Waals surface area contributed by atoms with Crippen LogP contribution in [0.25, 0.3) is 0 Å². The van der Waals surface area contributed by atoms with Crippen LogP contribution >= 0.6 is 22.9 Å². The molecular weight excluding hydrogens is 542 g/mol. The number of benzene rings is 1. The predicted octanol–water partition coefficient (Wildman–Crippen LogP) is 4.08. The second kappa shape index (κ2) is 12.8. The maximum atomic E-state index is 13.4. The average molecular weight is 573 g/mol. The minimum atomic E-state index is -3.16. The molecule has 2 aromatic rings. The van der Waals surface area contributed by atoms with Gasteiger partial charge in [-0.25, -0.2) is 0 Å². The van der Waals surface area contributed by atoms with Crippen molar-refractivity contribution >= 4 is 52.0 Å². The van der Waals surface area contributed by atoms with Crippen LogP contribution in [0.1, 0.15) is 30.4 Å². The molecule has 1 aromatic heterocycles. The van der Waals surface area contributed by atoms with E-state index in [4.69, 9.17) is 16.3 Å². The molecule has 13 heteroatoms. The highest BCUT2D eigenvalue weighted by atomic mass is 35.5. The minimum Gasteiger partial charge on any atom is -0.433 e. The molecule has 0 spiro atoms. The topological polar surface area (TPSA) is 100 Å². The first-order valence-electron chi connectivity index (χ1n) is 11.9. The van der Waals surface area contributed by atoms with Gasteiger partial charge in [-0.1, -0.05) is 32.4 Å². The fourth-order valence-electron chi connectivity index (χ4n) is 4.00. The number of rotatable bonds is 10. The number of ether oxygens (including phenoxy) is 2. The molecule has 3 rings (SSSR count). The summed E-state index contributed by atoms with van der Waals surface area (Å²) < 4.78 is 36.7. The number of carbonyl (C=O) groups is 3. The summed E-state index contributed by atoms with van der Waals surface area (Å²) in [6, 6.07) is 6.57. The summed E-state index contributed by atoms with van der Waals surface area (Å²) in [6.07, 6.45) is 0. The summed E-state index contributed by atoms with van der Waals surface area (Å²) in [7, 11) is 1.74. The zero-order valence-corrected chi connectivity index (χ0v) is 23.1. The largest absolute Gasteiger partial charge is 0.433 e. The Labute approximate surface area is 229 Å². The second-order valence-electron chi connectivity index (χ2n) is 9.95. The number of nitrogens with one attached hydrogen (secondary N) is 2. The summed E-state index contributed by atoms with van der Waals surface area (Å²) in [5.41, 5.74) is 0.176. The van der Waals surface area contributed by atoms with E-state index in [1.165, 1.54) is 23.1 Å². The number of hydrogen-bond donors (Lipinski definition) is 2. The Kier molecular flexibility index (Phi) is 10.0. The van der Waals surface area contributed by atoms with E-state index in [-0.39, 0.29) is 48.4 Å². The highest BCUT2D eigenvalue weighted by Gasteiger charge is 2.29. The SMILES string of the molecule is CN(CC(C)(C)C)[C@H](CNC(=O)c1ccc(Cl)s1)C(=O)Nc1ccc(N2CCOCC2=O)cc1OC(F)F. The van der Waals surface area contributed by atoms with Crippen LogP contribution < -0.4 is 20.3 Å². The van der Waals surface area contributed by atoms with Crippen LogP contribution in [-0.2, 0) is 14.3 Å². The van der Waals surface area contributed by atoms with E-state index in [0.29, 0.717) is 28.1 Å². The van der Waals surface area contributed by atoms with E-state index in [1.54, 1.807) is 24.1 Å². The van der Waals surface area contributed by atoms with Crippen LogP contribution in [0, 0.1) is 5.41 Å². The van der Waals surface area contributed by atoms with Gasteiger partial charge in [0.2, 0.25) is 5.91 Å². The first kappa shape index (κ1) is 29.8. The Morgan fingerprint density at radius 1 is 1.26 bits per heavy atom. The van der Waals surface area contributed by atoms with Gasteiger partial charge in [0.1, 0.15) is 12.6 Å². The number of alkyl halides is 2. The third-order valence-corrected chi connectivity index (χ3v) is 6.78. The second-order valence-corrected chi connectivity index (χ2v) is 11.7. The third-order valence-electron chi connectivity index (χ3n) is 5.55. The molecule has 1 fully saturated rings. The predicted molar refractivity (Wildman–Crippen MR) is 142 cm³/mol. The van der Waals surface area contributed by atoms with Crippen LogP contribution in [0.3, 0.4) is 0 Å². The molecule has 1 aromatic carbocycles. The summed E-state index contributed by atoms with van der Waals surface area (Å²) in [4.78, 5) is 41.8. The molecule has 2 heterocycles. The summed E-state index contributed by atoms with van der Waals surface area (Å²) >= 11 is 7.04. The van der Waals surface area contributed by atoms with Crippen LogP contribution in [-0.4, -0.2) is 75.2 Å². The number of carbonyl (C=O) groups excluding carboxylic acids is 3. The Bertz CT molecular complexity index is 1160. The van der Waals surface area contributed by atoms with E-state index in [0.717, 1.165) is 11.3 Å². The number of likely N-dealkylation sites (N-methyl/N-ethyl adjacent to an activating group) is 1. The van der Waals surface area contributed by atoms with Crippen molar-refractivity contribution in [2.24, 2.45) is 5.41 Å². The van der Waals surface area contributed by atoms with Crippen LogP contribution in [0.4, 0.5) is 20.2 Å². The van der Waals surface area contributed by atoms with Crippen molar-refractivity contribution in [1.29, 1.82) is 0 Å². The van der Waals surface area contributed by atoms with Gasteiger partial charge in [-0.3, -0.25) is 19.3 Å². The van der Waals surface area contributed by atoms with Crippen molar-refractivity contribution in [3.63, 3.8) is 0 Å². The minimum absolute atomic E-state index is 0.00489. The van der Waals surface area contributed by atoms with E-state index in [9.17, 15) is 23.2 Å². The first-order valence-corrected chi connectivity index (χ1v) is 13.0. The molecular formula is C25H31ClF2N4O5S. The summed E-state index contributed by atoms with van der Waals surface area (Å²) in [6.45, 7) is 3.77. The molecule has 38 heavy (non-hydrogen) atoms. The van der Waals surface area contributed by atoms with E-state index >= 15 is 0 Å². The lowest BCUT2D eigenvalue weighted by Crippen LogP contribution is -2.51. The van der Waals surface area contributed by atoms with E-state index in [1.807, 2.05) is 20.8 Å².